The van der Waals surface area contributed by atoms with E-state index in [0.29, 0.717) is 16.9 Å². The molecular weight excluding hydrogens is 466 g/mol. The van der Waals surface area contributed by atoms with Gasteiger partial charge in [0.2, 0.25) is 0 Å². The van der Waals surface area contributed by atoms with Gasteiger partial charge in [0.15, 0.2) is 0 Å². The first-order valence-electron chi connectivity index (χ1n) is 11.3. The van der Waals surface area contributed by atoms with Crippen molar-refractivity contribution in [1.82, 2.24) is 14.9 Å². The van der Waals surface area contributed by atoms with Gasteiger partial charge in [-0.2, -0.15) is 13.2 Å². The molecule has 3 aromatic rings. The number of likely N-dealkylation sites (tertiary alicyclic amines) is 1. The van der Waals surface area contributed by atoms with E-state index in [1.807, 2.05) is 6.07 Å². The molecule has 1 aromatic heterocycles. The van der Waals surface area contributed by atoms with Crippen molar-refractivity contribution in [3.8, 4) is 0 Å². The van der Waals surface area contributed by atoms with Crippen LogP contribution in [0.25, 0.3) is 11.0 Å². The smallest absolute Gasteiger partial charge is 0.359 e. The van der Waals surface area contributed by atoms with Crippen molar-refractivity contribution in [3.05, 3.63) is 87.6 Å². The van der Waals surface area contributed by atoms with Crippen LogP contribution in [0.5, 0.6) is 0 Å². The molecule has 0 spiro atoms. The van der Waals surface area contributed by atoms with Crippen molar-refractivity contribution in [1.29, 1.82) is 0 Å². The molecular formula is C26H24ClF4N3. The number of benzene rings is 2. The number of nitrogens with zero attached hydrogens (tertiary/aromatic N) is 2. The lowest BCUT2D eigenvalue weighted by Crippen LogP contribution is -2.39. The highest BCUT2D eigenvalue weighted by atomic mass is 35.5. The van der Waals surface area contributed by atoms with Crippen molar-refractivity contribution in [2.24, 2.45) is 0 Å². The van der Waals surface area contributed by atoms with Gasteiger partial charge in [-0.25, -0.2) is 9.37 Å². The van der Waals surface area contributed by atoms with E-state index in [1.54, 1.807) is 12.1 Å². The lowest BCUT2D eigenvalue weighted by atomic mass is 9.87. The molecule has 1 N–H and O–H groups in total. The minimum absolute atomic E-state index is 0.0445. The van der Waals surface area contributed by atoms with Crippen molar-refractivity contribution < 1.29 is 17.6 Å². The highest BCUT2D eigenvalue weighted by Gasteiger charge is 2.43. The highest BCUT2D eigenvalue weighted by Crippen LogP contribution is 2.45. The zero-order valence-electron chi connectivity index (χ0n) is 18.8. The first-order chi connectivity index (χ1) is 16.1. The summed E-state index contributed by atoms with van der Waals surface area (Å²) in [5.41, 5.74) is 2.40. The number of fused-ring (bicyclic) bond motifs is 1. The number of H-pyrrole nitrogens is 1. The molecule has 8 heteroatoms. The molecule has 2 aromatic carbocycles. The van der Waals surface area contributed by atoms with E-state index < -0.39 is 17.3 Å². The largest absolute Gasteiger partial charge is 0.417 e. The second-order valence-electron chi connectivity index (χ2n) is 9.30. The van der Waals surface area contributed by atoms with Gasteiger partial charge in [0.25, 0.3) is 0 Å². The van der Waals surface area contributed by atoms with Gasteiger partial charge in [-0.05, 0) is 68.5 Å². The van der Waals surface area contributed by atoms with Gasteiger partial charge in [-0.1, -0.05) is 35.9 Å². The fourth-order valence-electron chi connectivity index (χ4n) is 5.17. The van der Waals surface area contributed by atoms with Crippen molar-refractivity contribution in [2.75, 3.05) is 6.54 Å². The number of allylic oxidation sites excluding steroid dienone is 3. The number of hydrogen-bond donors (Lipinski definition) is 1. The molecule has 2 aliphatic rings. The molecule has 1 aliphatic carbocycles. The minimum Gasteiger partial charge on any atom is -0.359 e. The molecule has 1 fully saturated rings. The quantitative estimate of drug-likeness (QED) is 0.382. The normalized spacial score (nSPS) is 23.4. The molecule has 0 saturated carbocycles. The second-order valence-corrected chi connectivity index (χ2v) is 9.70. The van der Waals surface area contributed by atoms with E-state index in [1.165, 1.54) is 12.1 Å². The molecule has 1 aliphatic heterocycles. The molecule has 1 unspecified atom stereocenters. The number of aromatic amines is 1. The Kier molecular flexibility index (Phi) is 5.51. The summed E-state index contributed by atoms with van der Waals surface area (Å²) in [4.78, 5) is 10.1. The van der Waals surface area contributed by atoms with Crippen LogP contribution in [0.2, 0.25) is 5.02 Å². The summed E-state index contributed by atoms with van der Waals surface area (Å²) >= 11 is 5.92. The SMILES string of the molecule is CC1=CCC(c2cccc(F)c2)C=C1N1CCC[C@@]1(C)c1nc2cc(Cl)c(C(F)(F)F)cc2[nH]1. The molecule has 0 bridgehead atoms. The van der Waals surface area contributed by atoms with E-state index in [0.717, 1.165) is 48.7 Å². The maximum absolute atomic E-state index is 13.8. The summed E-state index contributed by atoms with van der Waals surface area (Å²) < 4.78 is 53.9. The van der Waals surface area contributed by atoms with E-state index >= 15 is 0 Å². The first-order valence-corrected chi connectivity index (χ1v) is 11.6. The van der Waals surface area contributed by atoms with Crippen molar-refractivity contribution >= 4 is 22.6 Å². The Morgan fingerprint density at radius 1 is 1.21 bits per heavy atom. The summed E-state index contributed by atoms with van der Waals surface area (Å²) in [6.07, 6.45) is 2.29. The summed E-state index contributed by atoms with van der Waals surface area (Å²) in [5.74, 6) is 0.393. The molecule has 0 radical (unpaired) electrons. The van der Waals surface area contributed by atoms with Gasteiger partial charge in [-0.15, -0.1) is 0 Å². The fourth-order valence-corrected chi connectivity index (χ4v) is 5.44. The number of nitrogens with one attached hydrogen (secondary N) is 1. The third kappa shape index (κ3) is 3.90. The summed E-state index contributed by atoms with van der Waals surface area (Å²) in [5, 5.41) is -0.363. The Hall–Kier alpha value is -2.80. The third-order valence-corrected chi connectivity index (χ3v) is 7.35. The van der Waals surface area contributed by atoms with Crippen LogP contribution in [0.1, 0.15) is 56.0 Å². The predicted molar refractivity (Wildman–Crippen MR) is 125 cm³/mol. The Balaban J connectivity index is 1.54. The first kappa shape index (κ1) is 23.0. The number of alkyl halides is 3. The van der Waals surface area contributed by atoms with Crippen LogP contribution in [-0.2, 0) is 11.7 Å². The zero-order chi connectivity index (χ0) is 24.3. The Bertz CT molecular complexity index is 1320. The number of hydrogen-bond acceptors (Lipinski definition) is 2. The van der Waals surface area contributed by atoms with Crippen LogP contribution in [-0.4, -0.2) is 21.4 Å². The molecule has 34 heavy (non-hydrogen) atoms. The van der Waals surface area contributed by atoms with Crippen molar-refractivity contribution in [2.45, 2.75) is 50.7 Å². The Morgan fingerprint density at radius 3 is 2.74 bits per heavy atom. The van der Waals surface area contributed by atoms with E-state index in [-0.39, 0.29) is 16.8 Å². The molecule has 2 atom stereocenters. The Morgan fingerprint density at radius 2 is 2.00 bits per heavy atom. The Labute approximate surface area is 200 Å². The van der Waals surface area contributed by atoms with E-state index in [9.17, 15) is 17.6 Å². The molecule has 5 rings (SSSR count). The van der Waals surface area contributed by atoms with Crippen LogP contribution in [0, 0.1) is 5.82 Å². The van der Waals surface area contributed by atoms with Crippen molar-refractivity contribution in [3.63, 3.8) is 0 Å². The highest BCUT2D eigenvalue weighted by molar-refractivity contribution is 6.32. The van der Waals surface area contributed by atoms with Crippen LogP contribution >= 0.6 is 11.6 Å². The van der Waals surface area contributed by atoms with Gasteiger partial charge in [0, 0.05) is 18.2 Å². The predicted octanol–water partition coefficient (Wildman–Crippen LogP) is 7.70. The molecule has 178 valence electrons. The second kappa shape index (κ2) is 8.15. The minimum atomic E-state index is -4.54. The lowest BCUT2D eigenvalue weighted by molar-refractivity contribution is -0.137. The van der Waals surface area contributed by atoms with Gasteiger partial charge in [-0.3, -0.25) is 0 Å². The van der Waals surface area contributed by atoms with E-state index in [2.05, 4.69) is 40.9 Å². The summed E-state index contributed by atoms with van der Waals surface area (Å²) in [6, 6.07) is 8.96. The van der Waals surface area contributed by atoms with E-state index in [4.69, 9.17) is 11.6 Å². The van der Waals surface area contributed by atoms with Gasteiger partial charge >= 0.3 is 6.18 Å². The van der Waals surface area contributed by atoms with Crippen LogP contribution < -0.4 is 0 Å². The summed E-state index contributed by atoms with van der Waals surface area (Å²) in [6.45, 7) is 4.90. The fraction of sp³-hybridized carbons (Fsp3) is 0.346. The third-order valence-electron chi connectivity index (χ3n) is 7.04. The average Bonchev–Trinajstić information content (AvgIpc) is 3.37. The maximum Gasteiger partial charge on any atom is 0.417 e. The molecule has 1 saturated heterocycles. The number of rotatable bonds is 3. The number of halogens is 5. The van der Waals surface area contributed by atoms with Crippen LogP contribution in [0.4, 0.5) is 17.6 Å². The lowest BCUT2D eigenvalue weighted by Gasteiger charge is -2.39. The van der Waals surface area contributed by atoms with Gasteiger partial charge in [0.05, 0.1) is 27.2 Å². The van der Waals surface area contributed by atoms with Gasteiger partial charge < -0.3 is 9.88 Å². The molecule has 0 amide bonds. The number of aromatic nitrogens is 2. The van der Waals surface area contributed by atoms with Gasteiger partial charge in [0.1, 0.15) is 11.6 Å². The average molecular weight is 490 g/mol. The van der Waals surface area contributed by atoms with Crippen LogP contribution in [0.15, 0.2) is 59.8 Å². The zero-order valence-corrected chi connectivity index (χ0v) is 19.6. The number of imidazole rings is 1. The molecule has 3 nitrogen and oxygen atoms in total. The standard InChI is InChI=1S/C26H24ClF4N3/c1-15-7-8-17(16-5-3-6-18(28)11-16)12-23(15)34-10-4-9-25(34,2)24-32-21-13-19(26(29,30)31)20(27)14-22(21)33-24/h3,5-7,11-14,17H,4,8-10H2,1-2H3,(H,32,33)/t17?,25-/m0/s1. The monoisotopic (exact) mass is 489 g/mol. The van der Waals surface area contributed by atoms with Crippen LogP contribution in [0.3, 0.4) is 0 Å². The molecule has 2 heterocycles. The summed E-state index contributed by atoms with van der Waals surface area (Å²) in [7, 11) is 0. The maximum atomic E-state index is 13.8. The topological polar surface area (TPSA) is 31.9 Å².